The summed E-state index contributed by atoms with van der Waals surface area (Å²) >= 11 is 4.30. The summed E-state index contributed by atoms with van der Waals surface area (Å²) in [4.78, 5) is 40.4. The van der Waals surface area contributed by atoms with Crippen LogP contribution in [0.2, 0.25) is 0 Å². The molecule has 0 spiro atoms. The van der Waals surface area contributed by atoms with Gasteiger partial charge < -0.3 is 19.1 Å². The maximum atomic E-state index is 12.8. The van der Waals surface area contributed by atoms with Crippen molar-refractivity contribution in [3.63, 3.8) is 0 Å². The van der Waals surface area contributed by atoms with E-state index in [9.17, 15) is 14.4 Å². The maximum absolute atomic E-state index is 12.8. The Bertz CT molecular complexity index is 869. The summed E-state index contributed by atoms with van der Waals surface area (Å²) in [5.74, 6) is 0.399. The smallest absolute Gasteiger partial charge is 0.294 e. The van der Waals surface area contributed by atoms with Crippen LogP contribution in [-0.4, -0.2) is 72.9 Å². The molecule has 8 nitrogen and oxygen atoms in total. The molecule has 2 saturated heterocycles. The normalized spacial score (nSPS) is 18.3. The molecule has 2 aliphatic heterocycles. The highest BCUT2D eigenvalue weighted by atomic mass is 79.9. The number of rotatable bonds is 7. The number of halogens is 1. The number of carbonyl (C=O) groups is 3. The van der Waals surface area contributed by atoms with Crippen molar-refractivity contribution in [3.05, 3.63) is 27.1 Å². The molecule has 0 saturated carbocycles. The first-order chi connectivity index (χ1) is 14.4. The highest BCUT2D eigenvalue weighted by Crippen LogP contribution is 2.38. The minimum Gasteiger partial charge on any atom is -0.490 e. The Hall–Kier alpha value is -2.04. The Morgan fingerprint density at radius 3 is 2.43 bits per heavy atom. The van der Waals surface area contributed by atoms with E-state index in [-0.39, 0.29) is 17.4 Å². The molecule has 0 unspecified atom stereocenters. The molecule has 30 heavy (non-hydrogen) atoms. The van der Waals surface area contributed by atoms with Crippen molar-refractivity contribution in [2.75, 3.05) is 46.1 Å². The quantitative estimate of drug-likeness (QED) is 0.533. The average Bonchev–Trinajstić information content (AvgIpc) is 2.99. The molecule has 0 atom stereocenters. The lowest BCUT2D eigenvalue weighted by Crippen LogP contribution is -2.46. The fourth-order valence-electron chi connectivity index (χ4n) is 3.02. The van der Waals surface area contributed by atoms with E-state index in [0.29, 0.717) is 61.1 Å². The highest BCUT2D eigenvalue weighted by Gasteiger charge is 2.37. The zero-order valence-electron chi connectivity index (χ0n) is 16.8. The minimum atomic E-state index is -0.481. The second-order valence-corrected chi connectivity index (χ2v) is 8.30. The largest absolute Gasteiger partial charge is 0.490 e. The van der Waals surface area contributed by atoms with Gasteiger partial charge in [-0.2, -0.15) is 0 Å². The van der Waals surface area contributed by atoms with E-state index in [1.807, 2.05) is 13.8 Å². The molecule has 0 aromatic heterocycles. The van der Waals surface area contributed by atoms with Crippen LogP contribution in [-0.2, 0) is 14.3 Å². The maximum Gasteiger partial charge on any atom is 0.294 e. The fourth-order valence-corrected chi connectivity index (χ4v) is 4.29. The van der Waals surface area contributed by atoms with Crippen LogP contribution in [0.3, 0.4) is 0 Å². The molecule has 2 fully saturated rings. The number of hydrogen-bond donors (Lipinski definition) is 0. The van der Waals surface area contributed by atoms with Crippen molar-refractivity contribution in [2.24, 2.45) is 0 Å². The lowest BCUT2D eigenvalue weighted by molar-refractivity contribution is -0.139. The first kappa shape index (κ1) is 22.6. The van der Waals surface area contributed by atoms with Gasteiger partial charge in [0.15, 0.2) is 11.5 Å². The number of benzene rings is 1. The van der Waals surface area contributed by atoms with Crippen LogP contribution in [0, 0.1) is 0 Å². The molecule has 3 rings (SSSR count). The number of amides is 3. The van der Waals surface area contributed by atoms with E-state index in [2.05, 4.69) is 15.9 Å². The van der Waals surface area contributed by atoms with E-state index in [4.69, 9.17) is 14.2 Å². The van der Waals surface area contributed by atoms with Crippen LogP contribution in [0.5, 0.6) is 11.5 Å². The third-order valence-electron chi connectivity index (χ3n) is 4.48. The van der Waals surface area contributed by atoms with E-state index in [1.54, 1.807) is 23.1 Å². The van der Waals surface area contributed by atoms with Gasteiger partial charge in [0.25, 0.3) is 11.1 Å². The van der Waals surface area contributed by atoms with Gasteiger partial charge in [-0.15, -0.1) is 0 Å². The van der Waals surface area contributed by atoms with Crippen molar-refractivity contribution in [1.29, 1.82) is 0 Å². The van der Waals surface area contributed by atoms with Gasteiger partial charge in [-0.05, 0) is 49.4 Å². The summed E-state index contributed by atoms with van der Waals surface area (Å²) in [6.07, 6.45) is 1.62. The molecule has 2 aliphatic rings. The lowest BCUT2D eigenvalue weighted by atomic mass is 10.1. The first-order valence-electron chi connectivity index (χ1n) is 9.64. The monoisotopic (exact) mass is 498 g/mol. The molecular weight excluding hydrogens is 476 g/mol. The SMILES string of the molecule is CCOc1cc(Br)c(/C=C2/SC(=O)N(CC(=O)N3CCOCC3)C2=O)cc1OCC. The van der Waals surface area contributed by atoms with E-state index in [0.717, 1.165) is 16.7 Å². The number of nitrogens with zero attached hydrogens (tertiary/aromatic N) is 2. The Kier molecular flexibility index (Phi) is 7.79. The van der Waals surface area contributed by atoms with Crippen molar-refractivity contribution in [1.82, 2.24) is 9.80 Å². The molecular formula is C20H23BrN2O6S. The summed E-state index contributed by atoms with van der Waals surface area (Å²) < 4.78 is 17.2. The third-order valence-corrected chi connectivity index (χ3v) is 6.07. The van der Waals surface area contributed by atoms with Crippen LogP contribution in [0.15, 0.2) is 21.5 Å². The number of carbonyl (C=O) groups excluding carboxylic acids is 3. The molecule has 1 aromatic carbocycles. The van der Waals surface area contributed by atoms with Gasteiger partial charge in [-0.25, -0.2) is 0 Å². The average molecular weight is 499 g/mol. The third kappa shape index (κ3) is 5.16. The summed E-state index contributed by atoms with van der Waals surface area (Å²) in [7, 11) is 0. The zero-order valence-corrected chi connectivity index (χ0v) is 19.2. The standard InChI is InChI=1S/C20H23BrN2O6S/c1-3-28-15-9-13(14(21)11-16(15)29-4-2)10-17-19(25)23(20(26)30-17)12-18(24)22-5-7-27-8-6-22/h9-11H,3-8,12H2,1-2H3/b17-10+. The second kappa shape index (κ2) is 10.3. The summed E-state index contributed by atoms with van der Waals surface area (Å²) in [6.45, 7) is 6.28. The molecule has 0 aliphatic carbocycles. The number of hydrogen-bond acceptors (Lipinski definition) is 7. The number of imide groups is 1. The lowest BCUT2D eigenvalue weighted by Gasteiger charge is -2.28. The van der Waals surface area contributed by atoms with Gasteiger partial charge in [0.2, 0.25) is 5.91 Å². The Morgan fingerprint density at radius 2 is 1.80 bits per heavy atom. The summed E-state index contributed by atoms with van der Waals surface area (Å²) in [5.41, 5.74) is 0.673. The molecule has 0 radical (unpaired) electrons. The highest BCUT2D eigenvalue weighted by molar-refractivity contribution is 9.10. The second-order valence-electron chi connectivity index (χ2n) is 6.45. The first-order valence-corrected chi connectivity index (χ1v) is 11.3. The Labute approximate surface area is 187 Å². The van der Waals surface area contributed by atoms with Crippen LogP contribution in [0.1, 0.15) is 19.4 Å². The van der Waals surface area contributed by atoms with Crippen LogP contribution in [0.4, 0.5) is 4.79 Å². The number of thioether (sulfide) groups is 1. The Morgan fingerprint density at radius 1 is 1.17 bits per heavy atom. The van der Waals surface area contributed by atoms with Gasteiger partial charge in [0, 0.05) is 17.6 Å². The van der Waals surface area contributed by atoms with Crippen LogP contribution in [0.25, 0.3) is 6.08 Å². The molecule has 3 amide bonds. The van der Waals surface area contributed by atoms with E-state index >= 15 is 0 Å². The van der Waals surface area contributed by atoms with Crippen LogP contribution >= 0.6 is 27.7 Å². The number of ether oxygens (including phenoxy) is 3. The van der Waals surface area contributed by atoms with Crippen molar-refractivity contribution in [3.8, 4) is 11.5 Å². The summed E-state index contributed by atoms with van der Waals surface area (Å²) in [5, 5.41) is -0.458. The molecule has 0 bridgehead atoms. The minimum absolute atomic E-state index is 0.252. The molecule has 2 heterocycles. The van der Waals surface area contributed by atoms with E-state index < -0.39 is 11.1 Å². The predicted octanol–water partition coefficient (Wildman–Crippen LogP) is 3.14. The van der Waals surface area contributed by atoms with Crippen molar-refractivity contribution in [2.45, 2.75) is 13.8 Å². The van der Waals surface area contributed by atoms with Gasteiger partial charge in [0.1, 0.15) is 6.54 Å². The molecule has 162 valence electrons. The van der Waals surface area contributed by atoms with Crippen molar-refractivity contribution >= 4 is 50.8 Å². The van der Waals surface area contributed by atoms with Crippen molar-refractivity contribution < 1.29 is 28.6 Å². The summed E-state index contributed by atoms with van der Waals surface area (Å²) in [6, 6.07) is 3.53. The van der Waals surface area contributed by atoms with Gasteiger partial charge in [0.05, 0.1) is 31.3 Å². The van der Waals surface area contributed by atoms with Gasteiger partial charge in [-0.1, -0.05) is 15.9 Å². The Balaban J connectivity index is 1.79. The van der Waals surface area contributed by atoms with Gasteiger partial charge in [-0.3, -0.25) is 19.3 Å². The molecule has 0 N–H and O–H groups in total. The van der Waals surface area contributed by atoms with E-state index in [1.165, 1.54) is 0 Å². The fraction of sp³-hybridized carbons (Fsp3) is 0.450. The molecule has 10 heteroatoms. The topological polar surface area (TPSA) is 85.4 Å². The number of morpholine rings is 1. The van der Waals surface area contributed by atoms with Crippen LogP contribution < -0.4 is 9.47 Å². The molecule has 1 aromatic rings. The zero-order chi connectivity index (χ0) is 21.7. The predicted molar refractivity (Wildman–Crippen MR) is 117 cm³/mol. The van der Waals surface area contributed by atoms with Gasteiger partial charge >= 0.3 is 0 Å².